The molecule has 0 aliphatic heterocycles. The quantitative estimate of drug-likeness (QED) is 0.0286. The van der Waals surface area contributed by atoms with Gasteiger partial charge in [-0.2, -0.15) is 0 Å². The smallest absolute Gasteiger partial charge is 0.309 e. The Morgan fingerprint density at radius 1 is 0.719 bits per heavy atom. The Hall–Kier alpha value is -5.74. The van der Waals surface area contributed by atoms with Crippen molar-refractivity contribution >= 4 is 58.1 Å². The Morgan fingerprint density at radius 2 is 1.12 bits per heavy atom. The zero-order valence-electron chi connectivity index (χ0n) is 31.3. The van der Waals surface area contributed by atoms with Gasteiger partial charge in [-0.15, -0.1) is 0 Å². The molecule has 4 atom stereocenters. The van der Waals surface area contributed by atoms with E-state index in [0.29, 0.717) is 38.1 Å². The number of aliphatic carboxylic acids is 1. The van der Waals surface area contributed by atoms with Crippen LogP contribution in [0.25, 0.3) is 9.69 Å². The molecule has 57 heavy (non-hydrogen) atoms. The number of ketones is 1. The number of aliphatic hydroxyl groups is 2. The zero-order valence-corrected chi connectivity index (χ0v) is 32.8. The Balaban J connectivity index is 0.000000329. The second kappa shape index (κ2) is 22.7. The molecule has 0 aliphatic carbocycles. The minimum atomic E-state index is -1.05. The van der Waals surface area contributed by atoms with Crippen LogP contribution in [0.2, 0.25) is 10.0 Å². The van der Waals surface area contributed by atoms with E-state index in [1.807, 2.05) is 5.43 Å². The Bertz CT molecular complexity index is 2140. The number of halogens is 4. The largest absolute Gasteiger partial charge is 0.481 e. The third kappa shape index (κ3) is 14.1. The van der Waals surface area contributed by atoms with Crippen LogP contribution in [0.1, 0.15) is 56.8 Å². The maximum atomic E-state index is 12.9. The van der Waals surface area contributed by atoms with Crippen molar-refractivity contribution in [2.75, 3.05) is 6.54 Å². The molecular formula is C41H41Cl2F2N5O7. The molecule has 0 spiro atoms. The normalized spacial score (nSPS) is 12.4. The molecule has 0 saturated carbocycles. The van der Waals surface area contributed by atoms with Gasteiger partial charge in [-0.1, -0.05) is 47.5 Å². The van der Waals surface area contributed by atoms with Crippen molar-refractivity contribution in [3.8, 4) is 0 Å². The minimum absolute atomic E-state index is 0.191. The van der Waals surface area contributed by atoms with Crippen molar-refractivity contribution in [1.82, 2.24) is 10.7 Å². The van der Waals surface area contributed by atoms with E-state index in [0.717, 1.165) is 11.1 Å². The molecule has 2 amide bonds. The molecule has 300 valence electrons. The SMILES string of the molecule is NNC(=O)c1ccc(F)cc1.[C-]#[N+]c1ccc(C[C@@H](C(=O)NCC(=O)c2ccc(F)cc2)[C@@H](C)O)c(C)c1Cl.[C-]#[N+]c1ccc(C[C@@H](C(=O)O)[C@@H](C)O)c(C)c1Cl. The standard InChI is InChI=1S/C21H20ClFN2O3.C13H14ClNO3.C7H7FN2O/c1-12-15(6-9-18(24-3)20(12)22)10-17(13(2)26)21(28)25-11-19(27)14-4-7-16(23)8-5-14;1-7-9(4-5-11(15-3)12(7)14)6-10(8(2)16)13(17)18;8-6-3-1-5(2-4-6)7(11)10-9/h4-9,13,17,26H,10-11H2,1-2H3,(H,25,28);4-5,8,10,16H,6H2,1-2H3,(H,17,18);1-4H,9H2,(H,10,11)/t13-,17-;8-,10-;/m11./s1. The van der Waals surface area contributed by atoms with Crippen molar-refractivity contribution in [1.29, 1.82) is 0 Å². The van der Waals surface area contributed by atoms with Gasteiger partial charge in [-0.3, -0.25) is 24.6 Å². The van der Waals surface area contributed by atoms with E-state index < -0.39 is 47.6 Å². The lowest BCUT2D eigenvalue weighted by molar-refractivity contribution is -0.145. The van der Waals surface area contributed by atoms with Crippen LogP contribution < -0.4 is 16.6 Å². The second-order valence-electron chi connectivity index (χ2n) is 12.7. The first kappa shape index (κ1) is 47.4. The number of nitrogens with two attached hydrogens (primary N) is 1. The minimum Gasteiger partial charge on any atom is -0.481 e. The summed E-state index contributed by atoms with van der Waals surface area (Å²) in [6.45, 7) is 20.2. The van der Waals surface area contributed by atoms with Crippen molar-refractivity contribution in [3.05, 3.63) is 151 Å². The molecule has 0 unspecified atom stereocenters. The van der Waals surface area contributed by atoms with Gasteiger partial charge in [0.25, 0.3) is 5.91 Å². The topological polar surface area (TPSA) is 188 Å². The molecule has 12 nitrogen and oxygen atoms in total. The summed E-state index contributed by atoms with van der Waals surface area (Å²) in [5, 5.41) is 31.7. The summed E-state index contributed by atoms with van der Waals surface area (Å²) in [4.78, 5) is 53.1. The third-order valence-electron chi connectivity index (χ3n) is 8.72. The van der Waals surface area contributed by atoms with E-state index in [-0.39, 0.29) is 36.6 Å². The fourth-order valence-electron chi connectivity index (χ4n) is 5.18. The van der Waals surface area contributed by atoms with Gasteiger partial charge >= 0.3 is 5.97 Å². The number of aliphatic hydroxyl groups excluding tert-OH is 2. The van der Waals surface area contributed by atoms with Crippen molar-refractivity contribution in [3.63, 3.8) is 0 Å². The number of nitrogens with zero attached hydrogens (tertiary/aromatic N) is 2. The van der Waals surface area contributed by atoms with Gasteiger partial charge in [0, 0.05) is 11.1 Å². The van der Waals surface area contributed by atoms with Gasteiger partial charge in [-0.25, -0.2) is 24.3 Å². The van der Waals surface area contributed by atoms with Crippen LogP contribution in [0.3, 0.4) is 0 Å². The molecule has 0 aliphatic rings. The number of hydrogen-bond acceptors (Lipinski definition) is 7. The van der Waals surface area contributed by atoms with Crippen LogP contribution in [0.15, 0.2) is 72.8 Å². The number of nitrogen functional groups attached to an aromatic ring is 1. The first-order chi connectivity index (χ1) is 26.9. The summed E-state index contributed by atoms with van der Waals surface area (Å²) in [5.41, 5.74) is 6.08. The van der Waals surface area contributed by atoms with Crippen LogP contribution in [0.4, 0.5) is 20.2 Å². The summed E-state index contributed by atoms with van der Waals surface area (Å²) in [6.07, 6.45) is -1.50. The molecule has 0 radical (unpaired) electrons. The molecule has 4 rings (SSSR count). The average Bonchev–Trinajstić information content (AvgIpc) is 3.18. The number of benzene rings is 4. The number of carbonyl (C=O) groups is 4. The molecule has 0 saturated heterocycles. The maximum Gasteiger partial charge on any atom is 0.309 e. The summed E-state index contributed by atoms with van der Waals surface area (Å²) in [7, 11) is 0. The molecule has 0 bridgehead atoms. The van der Waals surface area contributed by atoms with E-state index in [9.17, 15) is 38.2 Å². The lowest BCUT2D eigenvalue weighted by atomic mass is 9.91. The van der Waals surface area contributed by atoms with E-state index in [4.69, 9.17) is 47.3 Å². The molecule has 0 heterocycles. The molecule has 4 aromatic carbocycles. The molecule has 16 heteroatoms. The van der Waals surface area contributed by atoms with Crippen LogP contribution in [-0.2, 0) is 22.4 Å². The number of carboxylic acid groups (broad SMARTS) is 1. The highest BCUT2D eigenvalue weighted by molar-refractivity contribution is 6.34. The van der Waals surface area contributed by atoms with Crippen LogP contribution in [0.5, 0.6) is 0 Å². The monoisotopic (exact) mass is 823 g/mol. The highest BCUT2D eigenvalue weighted by Crippen LogP contribution is 2.33. The number of nitrogens with one attached hydrogen (secondary N) is 2. The van der Waals surface area contributed by atoms with E-state index >= 15 is 0 Å². The van der Waals surface area contributed by atoms with Crippen molar-refractivity contribution in [2.45, 2.75) is 52.7 Å². The van der Waals surface area contributed by atoms with Crippen LogP contribution in [0, 0.1) is 50.5 Å². The molecular weight excluding hydrogens is 783 g/mol. The summed E-state index contributed by atoms with van der Waals surface area (Å²) < 4.78 is 25.2. The van der Waals surface area contributed by atoms with Gasteiger partial charge < -0.3 is 20.6 Å². The highest BCUT2D eigenvalue weighted by atomic mass is 35.5. The van der Waals surface area contributed by atoms with Crippen molar-refractivity contribution in [2.24, 2.45) is 17.7 Å². The Kier molecular flexibility index (Phi) is 18.9. The van der Waals surface area contributed by atoms with Crippen LogP contribution in [-0.4, -0.2) is 57.6 Å². The second-order valence-corrected chi connectivity index (χ2v) is 13.4. The van der Waals surface area contributed by atoms with E-state index in [1.165, 1.54) is 62.4 Å². The summed E-state index contributed by atoms with van der Waals surface area (Å²) in [5.74, 6) is 0.0369. The molecule has 0 aromatic heterocycles. The van der Waals surface area contributed by atoms with E-state index in [2.05, 4.69) is 15.0 Å². The summed E-state index contributed by atoms with van der Waals surface area (Å²) >= 11 is 12.2. The fraction of sp³-hybridized carbons (Fsp3) is 0.268. The van der Waals surface area contributed by atoms with Crippen LogP contribution >= 0.6 is 23.2 Å². The van der Waals surface area contributed by atoms with Gasteiger partial charge in [0.2, 0.25) is 17.3 Å². The number of carboxylic acids is 1. The lowest BCUT2D eigenvalue weighted by Crippen LogP contribution is -2.40. The molecule has 7 N–H and O–H groups in total. The number of hydrazine groups is 1. The van der Waals surface area contributed by atoms with Gasteiger partial charge in [-0.05, 0) is 111 Å². The number of amides is 2. The van der Waals surface area contributed by atoms with E-state index in [1.54, 1.807) is 38.1 Å². The first-order valence-corrected chi connectivity index (χ1v) is 17.8. The lowest BCUT2D eigenvalue weighted by Gasteiger charge is -2.21. The van der Waals surface area contributed by atoms with Gasteiger partial charge in [0.05, 0.1) is 53.8 Å². The predicted octanol–water partition coefficient (Wildman–Crippen LogP) is 7.13. The van der Waals surface area contributed by atoms with Crippen molar-refractivity contribution < 1.29 is 43.3 Å². The number of rotatable bonds is 12. The van der Waals surface area contributed by atoms with Gasteiger partial charge in [0.15, 0.2) is 5.78 Å². The first-order valence-electron chi connectivity index (χ1n) is 17.1. The number of Topliss-reactive ketones (excluding diaryl/α,β-unsaturated/α-hetero) is 1. The maximum absolute atomic E-state index is 12.9. The Labute approximate surface area is 338 Å². The number of carbonyl (C=O) groups excluding carboxylic acids is 3. The molecule has 4 aromatic rings. The Morgan fingerprint density at radius 3 is 1.49 bits per heavy atom. The highest BCUT2D eigenvalue weighted by Gasteiger charge is 2.26. The number of hydrogen-bond donors (Lipinski definition) is 6. The summed E-state index contributed by atoms with van der Waals surface area (Å²) in [6, 6.07) is 16.7. The molecule has 0 fully saturated rings. The predicted molar refractivity (Wildman–Crippen MR) is 212 cm³/mol. The third-order valence-corrected chi connectivity index (χ3v) is 9.68. The fourth-order valence-corrected chi connectivity index (χ4v) is 5.63. The zero-order chi connectivity index (χ0) is 43.0. The van der Waals surface area contributed by atoms with Gasteiger partial charge in [0.1, 0.15) is 11.6 Å². The average molecular weight is 825 g/mol.